The van der Waals surface area contributed by atoms with Gasteiger partial charge in [-0.25, -0.2) is 0 Å². The molecule has 9 nitrogen and oxygen atoms in total. The number of anilines is 2. The number of guanidine groups is 1. The van der Waals surface area contributed by atoms with Gasteiger partial charge in [0.2, 0.25) is 5.91 Å². The third-order valence-corrected chi connectivity index (χ3v) is 4.00. The van der Waals surface area contributed by atoms with E-state index in [0.717, 1.165) is 13.0 Å². The fraction of sp³-hybridized carbons (Fsp3) is 0.421. The molecule has 1 atom stereocenters. The molecule has 1 aliphatic rings. The van der Waals surface area contributed by atoms with Crippen LogP contribution in [0.2, 0.25) is 0 Å². The average Bonchev–Trinajstić information content (AvgIpc) is 2.65. The number of hydrogen-bond donors (Lipinski definition) is 6. The topological polar surface area (TPSA) is 133 Å². The first-order chi connectivity index (χ1) is 13.2. The summed E-state index contributed by atoms with van der Waals surface area (Å²) in [6, 6.07) is 6.91. The molecule has 9 heteroatoms. The minimum absolute atomic E-state index is 0.272. The van der Waals surface area contributed by atoms with Crippen LogP contribution in [-0.4, -0.2) is 43.1 Å². The van der Waals surface area contributed by atoms with Crippen LogP contribution < -0.4 is 32.3 Å². The lowest BCUT2D eigenvalue weighted by molar-refractivity contribution is -0.120. The van der Waals surface area contributed by atoms with Crippen LogP contribution in [0, 0.1) is 0 Å². The van der Waals surface area contributed by atoms with E-state index >= 15 is 0 Å². The molecule has 0 aliphatic carbocycles. The number of nitrogens with zero attached hydrogens (tertiary/aromatic N) is 1. The van der Waals surface area contributed by atoms with Gasteiger partial charge in [-0.1, -0.05) is 13.0 Å². The summed E-state index contributed by atoms with van der Waals surface area (Å²) in [6.45, 7) is 6.05. The molecule has 1 aliphatic heterocycles. The second kappa shape index (κ2) is 9.34. The molecule has 0 spiro atoms. The van der Waals surface area contributed by atoms with E-state index in [0.29, 0.717) is 22.9 Å². The first-order valence-electron chi connectivity index (χ1n) is 9.19. The molecule has 0 saturated heterocycles. The van der Waals surface area contributed by atoms with Crippen molar-refractivity contribution >= 4 is 29.1 Å². The van der Waals surface area contributed by atoms with E-state index in [1.54, 1.807) is 51.4 Å². The maximum atomic E-state index is 12.8. The fourth-order valence-corrected chi connectivity index (χ4v) is 2.43. The molecule has 2 amide bonds. The molecule has 0 fully saturated rings. The highest BCUT2D eigenvalue weighted by Crippen LogP contribution is 2.18. The predicted octanol–water partition coefficient (Wildman–Crippen LogP) is 0.689. The van der Waals surface area contributed by atoms with Crippen molar-refractivity contribution in [2.75, 3.05) is 24.2 Å². The van der Waals surface area contributed by atoms with Crippen LogP contribution in [0.3, 0.4) is 0 Å². The Labute approximate surface area is 165 Å². The van der Waals surface area contributed by atoms with Gasteiger partial charge in [-0.05, 0) is 45.0 Å². The molecule has 0 bridgehead atoms. The Bertz CT molecular complexity index is 781. The van der Waals surface area contributed by atoms with Crippen molar-refractivity contribution in [3.63, 3.8) is 0 Å². The Morgan fingerprint density at radius 1 is 1.25 bits per heavy atom. The van der Waals surface area contributed by atoms with Crippen LogP contribution in [0.4, 0.5) is 11.4 Å². The van der Waals surface area contributed by atoms with E-state index < -0.39 is 5.54 Å². The molecule has 1 unspecified atom stereocenters. The minimum atomic E-state index is -1.000. The van der Waals surface area contributed by atoms with E-state index in [1.807, 2.05) is 0 Å². The third-order valence-electron chi connectivity index (χ3n) is 4.00. The molecular weight excluding hydrogens is 358 g/mol. The number of aliphatic imine (C=N–C) groups is 1. The Hall–Kier alpha value is -2.91. The zero-order valence-corrected chi connectivity index (χ0v) is 16.7. The van der Waals surface area contributed by atoms with Gasteiger partial charge in [0.05, 0.1) is 11.1 Å². The number of amides is 2. The van der Waals surface area contributed by atoms with Crippen molar-refractivity contribution in [2.24, 2.45) is 10.7 Å². The zero-order valence-electron chi connectivity index (χ0n) is 16.7. The first kappa shape index (κ1) is 21.4. The van der Waals surface area contributed by atoms with Crippen molar-refractivity contribution in [1.82, 2.24) is 16.0 Å². The Kier molecular flexibility index (Phi) is 7.13. The average molecular weight is 387 g/mol. The van der Waals surface area contributed by atoms with E-state index in [4.69, 9.17) is 5.73 Å². The maximum Gasteiger partial charge on any atom is 0.256 e. The first-order valence-corrected chi connectivity index (χ1v) is 9.19. The number of nitrogens with one attached hydrogen (secondary N) is 5. The van der Waals surface area contributed by atoms with E-state index in [9.17, 15) is 9.59 Å². The van der Waals surface area contributed by atoms with E-state index in [1.165, 1.54) is 0 Å². The van der Waals surface area contributed by atoms with Crippen molar-refractivity contribution < 1.29 is 9.59 Å². The van der Waals surface area contributed by atoms with Gasteiger partial charge in [0, 0.05) is 24.6 Å². The van der Waals surface area contributed by atoms with Crippen molar-refractivity contribution in [3.05, 3.63) is 36.0 Å². The molecule has 152 valence electrons. The van der Waals surface area contributed by atoms with Gasteiger partial charge < -0.3 is 27.0 Å². The van der Waals surface area contributed by atoms with Crippen LogP contribution in [0.1, 0.15) is 27.2 Å². The monoisotopic (exact) mass is 387 g/mol. The number of carbonyl (C=O) groups excluding carboxylic acids is 2. The molecule has 7 N–H and O–H groups in total. The summed E-state index contributed by atoms with van der Waals surface area (Å²) in [5.74, 6) is 0.000210. The van der Waals surface area contributed by atoms with Crippen LogP contribution >= 0.6 is 0 Å². The van der Waals surface area contributed by atoms with Crippen LogP contribution in [-0.2, 0) is 9.59 Å². The van der Waals surface area contributed by atoms with Gasteiger partial charge in [0.15, 0.2) is 5.96 Å². The van der Waals surface area contributed by atoms with Crippen LogP contribution in [0.25, 0.3) is 0 Å². The summed E-state index contributed by atoms with van der Waals surface area (Å²) in [6.07, 6.45) is 2.20. The number of hydrogen-bond acceptors (Lipinski definition) is 5. The molecule has 1 heterocycles. The van der Waals surface area contributed by atoms with Crippen molar-refractivity contribution in [2.45, 2.75) is 38.9 Å². The number of benzene rings is 1. The number of rotatable bonds is 7. The maximum absolute atomic E-state index is 12.8. The minimum Gasteiger partial charge on any atom is -0.336 e. The van der Waals surface area contributed by atoms with Gasteiger partial charge in [-0.15, -0.1) is 0 Å². The molecule has 28 heavy (non-hydrogen) atoms. The van der Waals surface area contributed by atoms with Gasteiger partial charge >= 0.3 is 0 Å². The lowest BCUT2D eigenvalue weighted by Crippen LogP contribution is -2.55. The molecule has 0 saturated carbocycles. The van der Waals surface area contributed by atoms with Gasteiger partial charge in [-0.2, -0.15) is 0 Å². The van der Waals surface area contributed by atoms with E-state index in [-0.39, 0.29) is 18.0 Å². The molecule has 2 rings (SSSR count). The number of nitrogens with two attached hydrogens (primary N) is 1. The smallest absolute Gasteiger partial charge is 0.256 e. The normalized spacial score (nSPS) is 18.0. The predicted molar refractivity (Wildman–Crippen MR) is 112 cm³/mol. The van der Waals surface area contributed by atoms with Crippen molar-refractivity contribution in [1.29, 1.82) is 0 Å². The highest BCUT2D eigenvalue weighted by Gasteiger charge is 2.25. The third kappa shape index (κ3) is 5.80. The highest BCUT2D eigenvalue weighted by molar-refractivity contribution is 6.06. The molecule has 1 aromatic carbocycles. The number of carbonyl (C=O) groups is 2. The van der Waals surface area contributed by atoms with Gasteiger partial charge in [-0.3, -0.25) is 19.9 Å². The zero-order chi connectivity index (χ0) is 20.7. The lowest BCUT2D eigenvalue weighted by atomic mass is 10.1. The fourth-order valence-electron chi connectivity index (χ4n) is 2.43. The quantitative estimate of drug-likeness (QED) is 0.408. The molecular formula is C19H29N7O2. The summed E-state index contributed by atoms with van der Waals surface area (Å²) in [5.41, 5.74) is 6.41. The molecule has 0 radical (unpaired) electrons. The summed E-state index contributed by atoms with van der Waals surface area (Å²) in [5, 5.41) is 15.0. The second-order valence-corrected chi connectivity index (χ2v) is 7.06. The lowest BCUT2D eigenvalue weighted by Gasteiger charge is -2.28. The largest absolute Gasteiger partial charge is 0.336 e. The van der Waals surface area contributed by atoms with Crippen LogP contribution in [0.15, 0.2) is 41.0 Å². The Morgan fingerprint density at radius 2 is 1.93 bits per heavy atom. The molecule has 1 aromatic rings. The summed E-state index contributed by atoms with van der Waals surface area (Å²) in [4.78, 5) is 28.9. The second-order valence-electron chi connectivity index (χ2n) is 7.06. The van der Waals surface area contributed by atoms with Gasteiger partial charge in [0.1, 0.15) is 6.17 Å². The van der Waals surface area contributed by atoms with Crippen LogP contribution in [0.5, 0.6) is 0 Å². The highest BCUT2D eigenvalue weighted by atomic mass is 16.2. The summed E-state index contributed by atoms with van der Waals surface area (Å²) in [7, 11) is 1.66. The SMILES string of the molecule is CCCNC1NC(=NC)NC=C1C(=O)Nc1cccc(NC(=O)C(C)(C)N)c1. The summed E-state index contributed by atoms with van der Waals surface area (Å²) >= 11 is 0. The Morgan fingerprint density at radius 3 is 2.54 bits per heavy atom. The van der Waals surface area contributed by atoms with Crippen molar-refractivity contribution in [3.8, 4) is 0 Å². The standard InChI is InChI=1S/C19H29N7O2/c1-5-9-22-15-14(11-23-18(21-4)26-15)16(27)24-12-7-6-8-13(10-12)25-17(28)19(2,3)20/h6-8,10-11,15,22H,5,9,20H2,1-4H3,(H,24,27)(H,25,28)(H2,21,23,26). The van der Waals surface area contributed by atoms with E-state index in [2.05, 4.69) is 38.5 Å². The Balaban J connectivity index is 2.11. The van der Waals surface area contributed by atoms with Gasteiger partial charge in [0.25, 0.3) is 5.91 Å². The molecule has 0 aromatic heterocycles. The summed E-state index contributed by atoms with van der Waals surface area (Å²) < 4.78 is 0.